The average molecular weight is 264 g/mol. The molecule has 19 heavy (non-hydrogen) atoms. The number of carbonyl (C=O) groups excluding carboxylic acids is 1. The largest absolute Gasteiger partial charge is 0.495 e. The van der Waals surface area contributed by atoms with Crippen molar-refractivity contribution in [2.24, 2.45) is 5.73 Å². The molecular weight excluding hydrogens is 240 g/mol. The average Bonchev–Trinajstić information content (AvgIpc) is 2.36. The topological polar surface area (TPSA) is 55.6 Å². The Morgan fingerprint density at radius 3 is 2.47 bits per heavy atom. The fourth-order valence-corrected chi connectivity index (χ4v) is 1.84. The Kier molecular flexibility index (Phi) is 4.95. The number of hydrogen-bond donors (Lipinski definition) is 1. The Hall–Kier alpha value is -1.55. The van der Waals surface area contributed by atoms with Gasteiger partial charge in [-0.3, -0.25) is 4.79 Å². The molecule has 1 rings (SSSR count). The number of nitrogens with zero attached hydrogens (tertiary/aromatic N) is 1. The summed E-state index contributed by atoms with van der Waals surface area (Å²) in [4.78, 5) is 13.6. The molecule has 0 saturated carbocycles. The number of anilines is 1. The number of rotatable bonds is 4. The molecule has 0 aliphatic carbocycles. The molecule has 0 radical (unpaired) electrons. The predicted molar refractivity (Wildman–Crippen MR) is 78.8 cm³/mol. The quantitative estimate of drug-likeness (QED) is 0.908. The maximum atomic E-state index is 12.0. The second-order valence-electron chi connectivity index (χ2n) is 5.63. The Balaban J connectivity index is 3.19. The van der Waals surface area contributed by atoms with Gasteiger partial charge in [-0.25, -0.2) is 0 Å². The van der Waals surface area contributed by atoms with Crippen molar-refractivity contribution in [3.8, 4) is 5.75 Å². The predicted octanol–water partition coefficient (Wildman–Crippen LogP) is 2.30. The minimum atomic E-state index is -0.00754. The van der Waals surface area contributed by atoms with Crippen LogP contribution in [0.2, 0.25) is 0 Å². The van der Waals surface area contributed by atoms with Crippen LogP contribution in [0.4, 0.5) is 5.69 Å². The van der Waals surface area contributed by atoms with Crippen molar-refractivity contribution in [2.45, 2.75) is 32.6 Å². The summed E-state index contributed by atoms with van der Waals surface area (Å²) in [6.07, 6.45) is 0.333. The molecule has 0 heterocycles. The Morgan fingerprint density at radius 2 is 2.00 bits per heavy atom. The molecule has 0 saturated heterocycles. The van der Waals surface area contributed by atoms with Crippen LogP contribution < -0.4 is 15.4 Å². The normalized spacial score (nSPS) is 11.3. The van der Waals surface area contributed by atoms with Gasteiger partial charge in [0.1, 0.15) is 5.75 Å². The highest BCUT2D eigenvalue weighted by atomic mass is 16.5. The third-order valence-electron chi connectivity index (χ3n) is 3.14. The van der Waals surface area contributed by atoms with E-state index in [2.05, 4.69) is 20.8 Å². The van der Waals surface area contributed by atoms with Crippen LogP contribution in [0.3, 0.4) is 0 Å². The fraction of sp³-hybridized carbons (Fsp3) is 0.533. The van der Waals surface area contributed by atoms with Crippen LogP contribution in [-0.2, 0) is 10.2 Å². The Bertz CT molecular complexity index is 450. The molecule has 0 aliphatic heterocycles. The lowest BCUT2D eigenvalue weighted by molar-refractivity contribution is -0.118. The van der Waals surface area contributed by atoms with Crippen molar-refractivity contribution in [3.63, 3.8) is 0 Å². The molecule has 106 valence electrons. The minimum Gasteiger partial charge on any atom is -0.495 e. The summed E-state index contributed by atoms with van der Waals surface area (Å²) in [5.41, 5.74) is 7.41. The van der Waals surface area contributed by atoms with E-state index < -0.39 is 0 Å². The lowest BCUT2D eigenvalue weighted by Crippen LogP contribution is -2.29. The van der Waals surface area contributed by atoms with Crippen LogP contribution >= 0.6 is 0 Å². The van der Waals surface area contributed by atoms with E-state index in [1.54, 1.807) is 19.1 Å². The smallest absolute Gasteiger partial charge is 0.228 e. The standard InChI is InChI=1S/C15H24N2O2/c1-15(2,3)11-6-7-13(19-5)12(10-11)17(4)14(18)8-9-16/h6-7,10H,8-9,16H2,1-5H3. The summed E-state index contributed by atoms with van der Waals surface area (Å²) in [7, 11) is 3.36. The van der Waals surface area contributed by atoms with E-state index >= 15 is 0 Å². The number of benzene rings is 1. The molecule has 1 aromatic carbocycles. The first-order chi connectivity index (χ1) is 8.81. The maximum Gasteiger partial charge on any atom is 0.228 e. The van der Waals surface area contributed by atoms with Crippen LogP contribution in [0, 0.1) is 0 Å². The number of carbonyl (C=O) groups is 1. The second-order valence-corrected chi connectivity index (χ2v) is 5.63. The van der Waals surface area contributed by atoms with Gasteiger partial charge in [-0.05, 0) is 23.1 Å². The summed E-state index contributed by atoms with van der Waals surface area (Å²) in [5.74, 6) is 0.688. The van der Waals surface area contributed by atoms with Crippen LogP contribution in [-0.4, -0.2) is 26.6 Å². The molecule has 0 spiro atoms. The first kappa shape index (κ1) is 15.5. The molecule has 0 aromatic heterocycles. The molecule has 0 atom stereocenters. The van der Waals surface area contributed by atoms with E-state index in [0.717, 1.165) is 11.3 Å². The molecule has 2 N–H and O–H groups in total. The first-order valence-corrected chi connectivity index (χ1v) is 6.46. The van der Waals surface area contributed by atoms with Gasteiger partial charge >= 0.3 is 0 Å². The van der Waals surface area contributed by atoms with Crippen molar-refractivity contribution in [3.05, 3.63) is 23.8 Å². The summed E-state index contributed by atoms with van der Waals surface area (Å²) in [6.45, 7) is 6.77. The Labute approximate surface area is 115 Å². The van der Waals surface area contributed by atoms with Crippen molar-refractivity contribution in [1.29, 1.82) is 0 Å². The van der Waals surface area contributed by atoms with E-state index in [4.69, 9.17) is 10.5 Å². The van der Waals surface area contributed by atoms with Crippen LogP contribution in [0.15, 0.2) is 18.2 Å². The van der Waals surface area contributed by atoms with E-state index in [-0.39, 0.29) is 11.3 Å². The van der Waals surface area contributed by atoms with Crippen LogP contribution in [0.1, 0.15) is 32.8 Å². The Morgan fingerprint density at radius 1 is 1.37 bits per heavy atom. The number of ether oxygens (including phenoxy) is 1. The van der Waals surface area contributed by atoms with Crippen molar-refractivity contribution < 1.29 is 9.53 Å². The van der Waals surface area contributed by atoms with Crippen LogP contribution in [0.5, 0.6) is 5.75 Å². The molecule has 1 aromatic rings. The van der Waals surface area contributed by atoms with Gasteiger partial charge in [0.25, 0.3) is 0 Å². The summed E-state index contributed by atoms with van der Waals surface area (Å²) in [6, 6.07) is 5.94. The van der Waals surface area contributed by atoms with E-state index in [1.807, 2.05) is 18.2 Å². The highest BCUT2D eigenvalue weighted by Gasteiger charge is 2.19. The van der Waals surface area contributed by atoms with Gasteiger partial charge in [-0.15, -0.1) is 0 Å². The lowest BCUT2D eigenvalue weighted by atomic mass is 9.86. The van der Waals surface area contributed by atoms with E-state index in [0.29, 0.717) is 18.7 Å². The zero-order valence-corrected chi connectivity index (χ0v) is 12.5. The summed E-state index contributed by atoms with van der Waals surface area (Å²) >= 11 is 0. The third kappa shape index (κ3) is 3.70. The molecule has 0 unspecified atom stereocenters. The second kappa shape index (κ2) is 6.06. The number of amides is 1. The molecule has 0 bridgehead atoms. The monoisotopic (exact) mass is 264 g/mol. The van der Waals surface area contributed by atoms with Gasteiger partial charge in [-0.2, -0.15) is 0 Å². The maximum absolute atomic E-state index is 12.0. The van der Waals surface area contributed by atoms with Crippen molar-refractivity contribution in [1.82, 2.24) is 0 Å². The summed E-state index contributed by atoms with van der Waals surface area (Å²) in [5, 5.41) is 0. The molecule has 0 fully saturated rings. The van der Waals surface area contributed by atoms with Crippen molar-refractivity contribution in [2.75, 3.05) is 25.6 Å². The zero-order valence-electron chi connectivity index (χ0n) is 12.5. The van der Waals surface area contributed by atoms with Crippen molar-refractivity contribution >= 4 is 11.6 Å². The number of methoxy groups -OCH3 is 1. The highest BCUT2D eigenvalue weighted by Crippen LogP contribution is 2.33. The van der Waals surface area contributed by atoms with Gasteiger partial charge in [-0.1, -0.05) is 26.8 Å². The minimum absolute atomic E-state index is 0.00754. The fourth-order valence-electron chi connectivity index (χ4n) is 1.84. The molecule has 4 nitrogen and oxygen atoms in total. The molecule has 4 heteroatoms. The zero-order chi connectivity index (χ0) is 14.6. The van der Waals surface area contributed by atoms with Gasteiger partial charge in [0.2, 0.25) is 5.91 Å². The molecule has 0 aliphatic rings. The molecular formula is C15H24N2O2. The third-order valence-corrected chi connectivity index (χ3v) is 3.14. The van der Waals surface area contributed by atoms with Gasteiger partial charge in [0.05, 0.1) is 12.8 Å². The molecule has 1 amide bonds. The summed E-state index contributed by atoms with van der Waals surface area (Å²) < 4.78 is 5.34. The van der Waals surface area contributed by atoms with E-state index in [9.17, 15) is 4.79 Å². The van der Waals surface area contributed by atoms with Crippen LogP contribution in [0.25, 0.3) is 0 Å². The first-order valence-electron chi connectivity index (χ1n) is 6.46. The van der Waals surface area contributed by atoms with E-state index in [1.165, 1.54) is 0 Å². The number of nitrogens with two attached hydrogens (primary N) is 1. The SMILES string of the molecule is COc1ccc(C(C)(C)C)cc1N(C)C(=O)CCN. The number of hydrogen-bond acceptors (Lipinski definition) is 3. The van der Waals surface area contributed by atoms with Gasteiger partial charge in [0.15, 0.2) is 0 Å². The van der Waals surface area contributed by atoms with Gasteiger partial charge < -0.3 is 15.4 Å². The van der Waals surface area contributed by atoms with Gasteiger partial charge in [0, 0.05) is 20.0 Å². The lowest BCUT2D eigenvalue weighted by Gasteiger charge is -2.25. The highest BCUT2D eigenvalue weighted by molar-refractivity contribution is 5.94.